The van der Waals surface area contributed by atoms with Gasteiger partial charge in [0, 0.05) is 11.6 Å². The molecule has 2 N–H and O–H groups in total. The number of hydrogen-bond acceptors (Lipinski definition) is 6. The van der Waals surface area contributed by atoms with Crippen LogP contribution in [0.5, 0.6) is 0 Å². The van der Waals surface area contributed by atoms with E-state index in [1.54, 1.807) is 5.32 Å². The molecule has 0 saturated carbocycles. The second kappa shape index (κ2) is 8.55. The van der Waals surface area contributed by atoms with Gasteiger partial charge in [0.15, 0.2) is 0 Å². The largest absolute Gasteiger partial charge is 0.405 e. The summed E-state index contributed by atoms with van der Waals surface area (Å²) in [7, 11) is 0. The summed E-state index contributed by atoms with van der Waals surface area (Å²) in [5.41, 5.74) is -2.41. The summed E-state index contributed by atoms with van der Waals surface area (Å²) in [6.07, 6.45) is -4.65. The standard InChI is InChI=1S/C17H13F3N4O6/c1-9-12(6-10(23(27)28)7-14(9)24(29)30)16(26)22-13-5-3-2-4-11(13)15(25)21-8-17(18,19)20/h2-7H,8H2,1H3,(H,21,25)(H,22,26). The fourth-order valence-electron chi connectivity index (χ4n) is 2.47. The minimum absolute atomic E-state index is 0.165. The summed E-state index contributed by atoms with van der Waals surface area (Å²) in [5.74, 6) is -2.14. The monoisotopic (exact) mass is 426 g/mol. The van der Waals surface area contributed by atoms with Gasteiger partial charge in [-0.25, -0.2) is 0 Å². The van der Waals surface area contributed by atoms with Crippen molar-refractivity contribution in [3.05, 3.63) is 73.3 Å². The summed E-state index contributed by atoms with van der Waals surface area (Å²) in [4.78, 5) is 45.0. The fraction of sp³-hybridized carbons (Fsp3) is 0.176. The zero-order chi connectivity index (χ0) is 22.6. The second-order valence-corrected chi connectivity index (χ2v) is 5.95. The number of amides is 2. The molecule has 2 rings (SSSR count). The molecule has 0 atom stereocenters. The summed E-state index contributed by atoms with van der Waals surface area (Å²) in [6, 6.07) is 6.64. The Morgan fingerprint density at radius 3 is 2.20 bits per heavy atom. The Kier molecular flexibility index (Phi) is 6.34. The molecular weight excluding hydrogens is 413 g/mol. The van der Waals surface area contributed by atoms with E-state index in [2.05, 4.69) is 5.32 Å². The van der Waals surface area contributed by atoms with Gasteiger partial charge in [0.05, 0.1) is 32.7 Å². The van der Waals surface area contributed by atoms with Crippen molar-refractivity contribution in [2.75, 3.05) is 11.9 Å². The Hall–Kier alpha value is -4.03. The summed E-state index contributed by atoms with van der Waals surface area (Å²) < 4.78 is 37.0. The van der Waals surface area contributed by atoms with E-state index in [9.17, 15) is 43.0 Å². The average molecular weight is 426 g/mol. The van der Waals surface area contributed by atoms with E-state index in [1.807, 2.05) is 0 Å². The van der Waals surface area contributed by atoms with E-state index in [-0.39, 0.29) is 16.8 Å². The third-order valence-corrected chi connectivity index (χ3v) is 3.89. The normalized spacial score (nSPS) is 10.9. The van der Waals surface area contributed by atoms with Crippen molar-refractivity contribution in [2.45, 2.75) is 13.1 Å². The van der Waals surface area contributed by atoms with Crippen molar-refractivity contribution in [1.82, 2.24) is 5.32 Å². The van der Waals surface area contributed by atoms with Gasteiger partial charge in [-0.2, -0.15) is 13.2 Å². The van der Waals surface area contributed by atoms with Crippen molar-refractivity contribution in [3.8, 4) is 0 Å². The molecule has 0 saturated heterocycles. The van der Waals surface area contributed by atoms with Crippen LogP contribution in [-0.4, -0.2) is 34.4 Å². The number of hydrogen-bond donors (Lipinski definition) is 2. The van der Waals surface area contributed by atoms with Crippen LogP contribution in [0.2, 0.25) is 0 Å². The van der Waals surface area contributed by atoms with Crippen molar-refractivity contribution >= 4 is 28.9 Å². The molecule has 0 fully saturated rings. The molecule has 0 bridgehead atoms. The highest BCUT2D eigenvalue weighted by Gasteiger charge is 2.29. The zero-order valence-electron chi connectivity index (χ0n) is 15.1. The first-order valence-electron chi connectivity index (χ1n) is 8.09. The minimum Gasteiger partial charge on any atom is -0.343 e. The van der Waals surface area contributed by atoms with Crippen LogP contribution < -0.4 is 10.6 Å². The number of alkyl halides is 3. The van der Waals surface area contributed by atoms with E-state index in [0.717, 1.165) is 12.1 Å². The molecule has 0 spiro atoms. The highest BCUT2D eigenvalue weighted by atomic mass is 19.4. The smallest absolute Gasteiger partial charge is 0.343 e. The topological polar surface area (TPSA) is 144 Å². The quantitative estimate of drug-likeness (QED) is 0.535. The molecule has 0 radical (unpaired) electrons. The van der Waals surface area contributed by atoms with Crippen LogP contribution in [-0.2, 0) is 0 Å². The Morgan fingerprint density at radius 2 is 1.63 bits per heavy atom. The van der Waals surface area contributed by atoms with Gasteiger partial charge in [-0.3, -0.25) is 29.8 Å². The van der Waals surface area contributed by atoms with Gasteiger partial charge >= 0.3 is 6.18 Å². The van der Waals surface area contributed by atoms with Crippen LogP contribution in [0.4, 0.5) is 30.2 Å². The molecule has 2 aromatic carbocycles. The van der Waals surface area contributed by atoms with Gasteiger partial charge in [-0.1, -0.05) is 12.1 Å². The molecule has 0 aromatic heterocycles. The number of anilines is 1. The van der Waals surface area contributed by atoms with Crippen LogP contribution in [0, 0.1) is 27.2 Å². The summed E-state index contributed by atoms with van der Waals surface area (Å²) >= 11 is 0. The maximum atomic E-state index is 12.6. The van der Waals surface area contributed by atoms with Crippen LogP contribution >= 0.6 is 0 Å². The predicted octanol–water partition coefficient (Wildman–Crippen LogP) is 3.36. The third kappa shape index (κ3) is 5.27. The molecule has 0 unspecified atom stereocenters. The number of para-hydroxylation sites is 1. The van der Waals surface area contributed by atoms with Crippen molar-refractivity contribution in [3.63, 3.8) is 0 Å². The highest BCUT2D eigenvalue weighted by molar-refractivity contribution is 6.10. The van der Waals surface area contributed by atoms with Crippen molar-refractivity contribution < 1.29 is 32.6 Å². The first-order chi connectivity index (χ1) is 13.9. The number of carbonyl (C=O) groups is 2. The van der Waals surface area contributed by atoms with E-state index in [0.29, 0.717) is 6.07 Å². The van der Waals surface area contributed by atoms with Gasteiger partial charge in [-0.05, 0) is 19.1 Å². The van der Waals surface area contributed by atoms with Crippen LogP contribution in [0.1, 0.15) is 26.3 Å². The lowest BCUT2D eigenvalue weighted by atomic mass is 10.0. The molecule has 30 heavy (non-hydrogen) atoms. The van der Waals surface area contributed by atoms with E-state index in [4.69, 9.17) is 0 Å². The molecule has 2 aromatic rings. The zero-order valence-corrected chi connectivity index (χ0v) is 15.1. The first-order valence-corrected chi connectivity index (χ1v) is 8.09. The number of non-ortho nitro benzene ring substituents is 1. The predicted molar refractivity (Wildman–Crippen MR) is 97.3 cm³/mol. The Morgan fingerprint density at radius 1 is 1.00 bits per heavy atom. The molecule has 0 aliphatic heterocycles. The third-order valence-electron chi connectivity index (χ3n) is 3.89. The van der Waals surface area contributed by atoms with Crippen LogP contribution in [0.25, 0.3) is 0 Å². The van der Waals surface area contributed by atoms with Crippen LogP contribution in [0.3, 0.4) is 0 Å². The van der Waals surface area contributed by atoms with Gasteiger partial charge in [-0.15, -0.1) is 0 Å². The van der Waals surface area contributed by atoms with Gasteiger partial charge < -0.3 is 10.6 Å². The average Bonchev–Trinajstić information content (AvgIpc) is 2.65. The molecule has 0 aliphatic rings. The Bertz CT molecular complexity index is 1040. The fourth-order valence-corrected chi connectivity index (χ4v) is 2.47. The lowest BCUT2D eigenvalue weighted by molar-refractivity contribution is -0.394. The number of carbonyl (C=O) groups excluding carboxylic acids is 2. The molecule has 0 heterocycles. The van der Waals surface area contributed by atoms with Gasteiger partial charge in [0.2, 0.25) is 0 Å². The highest BCUT2D eigenvalue weighted by Crippen LogP contribution is 2.29. The number of nitro groups is 2. The summed E-state index contributed by atoms with van der Waals surface area (Å²) in [6.45, 7) is -0.386. The summed E-state index contributed by atoms with van der Waals surface area (Å²) in [5, 5.41) is 26.1. The molecule has 13 heteroatoms. The first kappa shape index (κ1) is 22.3. The second-order valence-electron chi connectivity index (χ2n) is 5.95. The molecule has 10 nitrogen and oxygen atoms in total. The molecule has 2 amide bonds. The van der Waals surface area contributed by atoms with E-state index < -0.39 is 51.3 Å². The molecule has 0 aliphatic carbocycles. The molecular formula is C17H13F3N4O6. The number of benzene rings is 2. The molecule has 158 valence electrons. The van der Waals surface area contributed by atoms with E-state index in [1.165, 1.54) is 25.1 Å². The lowest BCUT2D eigenvalue weighted by Crippen LogP contribution is -2.34. The number of rotatable bonds is 6. The lowest BCUT2D eigenvalue weighted by Gasteiger charge is -2.13. The van der Waals surface area contributed by atoms with Gasteiger partial charge in [0.25, 0.3) is 23.2 Å². The minimum atomic E-state index is -4.65. The van der Waals surface area contributed by atoms with Crippen molar-refractivity contribution in [1.29, 1.82) is 0 Å². The SMILES string of the molecule is Cc1c(C(=O)Nc2ccccc2C(=O)NCC(F)(F)F)cc([N+](=O)[O-])cc1[N+](=O)[O-]. The number of nitrogens with one attached hydrogen (secondary N) is 2. The number of nitro benzene ring substituents is 2. The Balaban J connectivity index is 2.39. The van der Waals surface area contributed by atoms with Crippen LogP contribution in [0.15, 0.2) is 36.4 Å². The maximum absolute atomic E-state index is 12.6. The van der Waals surface area contributed by atoms with Gasteiger partial charge in [0.1, 0.15) is 6.54 Å². The maximum Gasteiger partial charge on any atom is 0.405 e. The Labute approximate surface area is 166 Å². The van der Waals surface area contributed by atoms with Crippen molar-refractivity contribution in [2.24, 2.45) is 0 Å². The van der Waals surface area contributed by atoms with E-state index >= 15 is 0 Å². The number of nitrogens with zero attached hydrogens (tertiary/aromatic N) is 2. The number of halogens is 3.